The van der Waals surface area contributed by atoms with Gasteiger partial charge in [-0.05, 0) is 53.4 Å². The normalized spacial score (nSPS) is 14.0. The van der Waals surface area contributed by atoms with Crippen LogP contribution in [0.1, 0.15) is 36.5 Å². The zero-order valence-electron chi connectivity index (χ0n) is 17.6. The van der Waals surface area contributed by atoms with Crippen LogP contribution in [-0.2, 0) is 16.1 Å². The fourth-order valence-electron chi connectivity index (χ4n) is 3.54. The number of aromatic nitrogens is 1. The quantitative estimate of drug-likeness (QED) is 0.460. The van der Waals surface area contributed by atoms with E-state index in [1.807, 2.05) is 24.3 Å². The number of hydrogen-bond donors (Lipinski definition) is 1. The van der Waals surface area contributed by atoms with Gasteiger partial charge < -0.3 is 5.32 Å². The molecule has 0 unspecified atom stereocenters. The lowest BCUT2D eigenvalue weighted by atomic mass is 10.0. The maximum atomic E-state index is 13.4. The van der Waals surface area contributed by atoms with Crippen LogP contribution in [-0.4, -0.2) is 21.7 Å². The van der Waals surface area contributed by atoms with Crippen molar-refractivity contribution in [1.82, 2.24) is 9.88 Å². The average Bonchev–Trinajstić information content (AvgIpc) is 2.99. The Hall–Kier alpha value is -3.15. The molecule has 1 aromatic heterocycles. The van der Waals surface area contributed by atoms with Crippen LogP contribution in [0.15, 0.2) is 72.7 Å². The van der Waals surface area contributed by atoms with Gasteiger partial charge in [0.05, 0.1) is 17.1 Å². The molecule has 32 heavy (non-hydrogen) atoms. The van der Waals surface area contributed by atoms with Gasteiger partial charge in [-0.3, -0.25) is 19.5 Å². The third-order valence-corrected chi connectivity index (χ3v) is 5.85. The number of nitrogens with one attached hydrogen (secondary N) is 1. The number of amides is 2. The second kappa shape index (κ2) is 9.15. The lowest BCUT2D eigenvalue weighted by molar-refractivity contribution is -0.137. The molecule has 5 nitrogen and oxygen atoms in total. The van der Waals surface area contributed by atoms with E-state index >= 15 is 0 Å². The standard InChI is InChI=1S/C25H21Cl2N3O2/c1-15(2)17-3-6-19(7-4-17)29-23-22(20-8-5-18(26)13-21(20)27)24(31)30(25(23)32)14-16-9-11-28-12-10-16/h3-13,15,29H,14H2,1-2H3. The minimum Gasteiger partial charge on any atom is -0.350 e. The summed E-state index contributed by atoms with van der Waals surface area (Å²) in [4.78, 5) is 32.0. The monoisotopic (exact) mass is 465 g/mol. The molecule has 1 aliphatic rings. The van der Waals surface area contributed by atoms with Crippen molar-refractivity contribution < 1.29 is 9.59 Å². The van der Waals surface area contributed by atoms with Crippen molar-refractivity contribution in [3.63, 3.8) is 0 Å². The number of imide groups is 1. The van der Waals surface area contributed by atoms with Gasteiger partial charge in [-0.15, -0.1) is 0 Å². The zero-order chi connectivity index (χ0) is 22.8. The number of halogens is 2. The fraction of sp³-hybridized carbons (Fsp3) is 0.160. The van der Waals surface area contributed by atoms with Crippen LogP contribution in [0, 0.1) is 0 Å². The van der Waals surface area contributed by atoms with E-state index in [9.17, 15) is 9.59 Å². The van der Waals surface area contributed by atoms with Crippen molar-refractivity contribution in [1.29, 1.82) is 0 Å². The van der Waals surface area contributed by atoms with Crippen LogP contribution in [0.3, 0.4) is 0 Å². The maximum Gasteiger partial charge on any atom is 0.278 e. The first-order chi connectivity index (χ1) is 15.3. The van der Waals surface area contributed by atoms with E-state index in [1.54, 1.807) is 42.7 Å². The third kappa shape index (κ3) is 4.40. The molecule has 0 spiro atoms. The van der Waals surface area contributed by atoms with Crippen molar-refractivity contribution in [2.24, 2.45) is 0 Å². The highest BCUT2D eigenvalue weighted by Gasteiger charge is 2.40. The molecule has 0 saturated heterocycles. The molecule has 1 aliphatic heterocycles. The molecule has 1 N–H and O–H groups in total. The highest BCUT2D eigenvalue weighted by molar-refractivity contribution is 6.41. The van der Waals surface area contributed by atoms with Crippen LogP contribution in [0.5, 0.6) is 0 Å². The van der Waals surface area contributed by atoms with Gasteiger partial charge in [0.15, 0.2) is 0 Å². The molecule has 0 fully saturated rings. The summed E-state index contributed by atoms with van der Waals surface area (Å²) in [6.45, 7) is 4.36. The highest BCUT2D eigenvalue weighted by atomic mass is 35.5. The summed E-state index contributed by atoms with van der Waals surface area (Å²) >= 11 is 12.5. The average molecular weight is 466 g/mol. The van der Waals surface area contributed by atoms with E-state index in [2.05, 4.69) is 24.1 Å². The molecule has 4 rings (SSSR count). The Morgan fingerprint density at radius 3 is 2.25 bits per heavy atom. The molecule has 3 aromatic rings. The molecular formula is C25H21Cl2N3O2. The van der Waals surface area contributed by atoms with E-state index in [0.717, 1.165) is 5.56 Å². The zero-order valence-corrected chi connectivity index (χ0v) is 19.1. The Balaban J connectivity index is 1.75. The number of anilines is 1. The molecule has 0 radical (unpaired) electrons. The smallest absolute Gasteiger partial charge is 0.278 e. The van der Waals surface area contributed by atoms with Crippen LogP contribution in [0.4, 0.5) is 5.69 Å². The number of nitrogens with zero attached hydrogens (tertiary/aromatic N) is 2. The van der Waals surface area contributed by atoms with E-state index < -0.39 is 11.8 Å². The Kier molecular flexibility index (Phi) is 6.31. The maximum absolute atomic E-state index is 13.4. The highest BCUT2D eigenvalue weighted by Crippen LogP contribution is 2.36. The summed E-state index contributed by atoms with van der Waals surface area (Å²) in [6, 6.07) is 16.2. The summed E-state index contributed by atoms with van der Waals surface area (Å²) < 4.78 is 0. The molecule has 0 bridgehead atoms. The largest absolute Gasteiger partial charge is 0.350 e. The van der Waals surface area contributed by atoms with Crippen molar-refractivity contribution in [3.05, 3.63) is 99.4 Å². The van der Waals surface area contributed by atoms with E-state index in [4.69, 9.17) is 23.2 Å². The van der Waals surface area contributed by atoms with Gasteiger partial charge in [-0.25, -0.2) is 0 Å². The molecule has 7 heteroatoms. The van der Waals surface area contributed by atoms with Gasteiger partial charge in [-0.2, -0.15) is 0 Å². The number of rotatable bonds is 6. The predicted molar refractivity (Wildman–Crippen MR) is 127 cm³/mol. The van der Waals surface area contributed by atoms with Crippen LogP contribution >= 0.6 is 23.2 Å². The first-order valence-electron chi connectivity index (χ1n) is 10.2. The summed E-state index contributed by atoms with van der Waals surface area (Å²) in [5.41, 5.74) is 3.54. The van der Waals surface area contributed by atoms with Gasteiger partial charge in [0.2, 0.25) is 0 Å². The lowest BCUT2D eigenvalue weighted by Gasteiger charge is -2.15. The SMILES string of the molecule is CC(C)c1ccc(NC2=C(c3ccc(Cl)cc3Cl)C(=O)N(Cc3ccncc3)C2=O)cc1. The summed E-state index contributed by atoms with van der Waals surface area (Å²) in [6.07, 6.45) is 3.25. The Morgan fingerprint density at radius 2 is 1.62 bits per heavy atom. The molecule has 2 amide bonds. The molecular weight excluding hydrogens is 445 g/mol. The molecule has 162 valence electrons. The fourth-order valence-corrected chi connectivity index (χ4v) is 4.05. The van der Waals surface area contributed by atoms with Crippen molar-refractivity contribution >= 4 is 46.3 Å². The van der Waals surface area contributed by atoms with E-state index in [-0.39, 0.29) is 17.8 Å². The topological polar surface area (TPSA) is 62.3 Å². The third-order valence-electron chi connectivity index (χ3n) is 5.31. The Bertz CT molecular complexity index is 1210. The van der Waals surface area contributed by atoms with Crippen molar-refractivity contribution in [3.8, 4) is 0 Å². The number of hydrogen-bond acceptors (Lipinski definition) is 4. The summed E-state index contributed by atoms with van der Waals surface area (Å²) in [5.74, 6) is -0.449. The second-order valence-electron chi connectivity index (χ2n) is 7.83. The Labute approximate surface area is 196 Å². The lowest BCUT2D eigenvalue weighted by Crippen LogP contribution is -2.32. The van der Waals surface area contributed by atoms with Crippen LogP contribution in [0.25, 0.3) is 5.57 Å². The molecule has 0 atom stereocenters. The Morgan fingerprint density at radius 1 is 0.938 bits per heavy atom. The predicted octanol–water partition coefficient (Wildman–Crippen LogP) is 5.90. The van der Waals surface area contributed by atoms with E-state index in [0.29, 0.717) is 27.2 Å². The van der Waals surface area contributed by atoms with Crippen LogP contribution in [0.2, 0.25) is 10.0 Å². The first kappa shape index (κ1) is 22.1. The molecule has 0 saturated carbocycles. The minimum atomic E-state index is -0.419. The van der Waals surface area contributed by atoms with Crippen molar-refractivity contribution in [2.75, 3.05) is 5.32 Å². The molecule has 2 aromatic carbocycles. The summed E-state index contributed by atoms with van der Waals surface area (Å²) in [5, 5.41) is 3.90. The van der Waals surface area contributed by atoms with Crippen molar-refractivity contribution in [2.45, 2.75) is 26.3 Å². The minimum absolute atomic E-state index is 0.131. The van der Waals surface area contributed by atoms with Crippen LogP contribution < -0.4 is 5.32 Å². The van der Waals surface area contributed by atoms with Gasteiger partial charge in [0.25, 0.3) is 11.8 Å². The van der Waals surface area contributed by atoms with Gasteiger partial charge in [0, 0.05) is 28.7 Å². The molecule has 0 aliphatic carbocycles. The number of carbonyl (C=O) groups excluding carboxylic acids is 2. The van der Waals surface area contributed by atoms with Gasteiger partial charge >= 0.3 is 0 Å². The first-order valence-corrected chi connectivity index (χ1v) is 10.9. The number of benzene rings is 2. The number of carbonyl (C=O) groups is 2. The summed E-state index contributed by atoms with van der Waals surface area (Å²) in [7, 11) is 0. The second-order valence-corrected chi connectivity index (χ2v) is 8.67. The van der Waals surface area contributed by atoms with Gasteiger partial charge in [0.1, 0.15) is 5.70 Å². The van der Waals surface area contributed by atoms with Gasteiger partial charge in [-0.1, -0.05) is 55.2 Å². The molecule has 2 heterocycles. The van der Waals surface area contributed by atoms with E-state index in [1.165, 1.54) is 10.5 Å². The number of pyridine rings is 1.